The Labute approximate surface area is 193 Å². The molecule has 2 heterocycles. The maximum Gasteiger partial charge on any atom is 0.494 e. The van der Waals surface area contributed by atoms with E-state index in [9.17, 15) is 0 Å². The van der Waals surface area contributed by atoms with Crippen molar-refractivity contribution in [1.29, 1.82) is 0 Å². The zero-order chi connectivity index (χ0) is 22.5. The van der Waals surface area contributed by atoms with Crippen LogP contribution in [-0.4, -0.2) is 42.4 Å². The third kappa shape index (κ3) is 4.11. The molecule has 5 rings (SSSR count). The van der Waals surface area contributed by atoms with Crippen LogP contribution in [0.4, 0.5) is 0 Å². The molecular formula is C27H36BNO3. The number of nitrogens with zero attached hydrogens (tertiary/aromatic N) is 1. The van der Waals surface area contributed by atoms with Gasteiger partial charge in [-0.15, -0.1) is 0 Å². The number of ether oxygens (including phenoxy) is 1. The molecule has 2 saturated heterocycles. The van der Waals surface area contributed by atoms with E-state index in [0.29, 0.717) is 17.9 Å². The molecule has 1 aliphatic carbocycles. The van der Waals surface area contributed by atoms with E-state index in [0.717, 1.165) is 36.4 Å². The minimum absolute atomic E-state index is 0.323. The number of piperidine rings is 1. The third-order valence-electron chi connectivity index (χ3n) is 8.06. The van der Waals surface area contributed by atoms with Crippen LogP contribution in [0.15, 0.2) is 48.5 Å². The molecule has 0 N–H and O–H groups in total. The van der Waals surface area contributed by atoms with Gasteiger partial charge in [-0.25, -0.2) is 0 Å². The average Bonchev–Trinajstić information content (AvgIpc) is 3.10. The van der Waals surface area contributed by atoms with Crippen LogP contribution < -0.4 is 10.2 Å². The molecule has 0 aromatic heterocycles. The maximum absolute atomic E-state index is 6.66. The van der Waals surface area contributed by atoms with Gasteiger partial charge in [0.2, 0.25) is 0 Å². The van der Waals surface area contributed by atoms with Gasteiger partial charge in [-0.3, -0.25) is 4.90 Å². The Bertz CT molecular complexity index is 931. The highest BCUT2D eigenvalue weighted by Crippen LogP contribution is 2.41. The first-order chi connectivity index (χ1) is 15.2. The topological polar surface area (TPSA) is 30.9 Å². The maximum atomic E-state index is 6.66. The second-order valence-electron chi connectivity index (χ2n) is 11.0. The van der Waals surface area contributed by atoms with Gasteiger partial charge in [-0.05, 0) is 70.1 Å². The molecule has 32 heavy (non-hydrogen) atoms. The molecule has 3 aliphatic rings. The number of hydrogen-bond donors (Lipinski definition) is 0. The first-order valence-electron chi connectivity index (χ1n) is 12.1. The summed E-state index contributed by atoms with van der Waals surface area (Å²) in [4.78, 5) is 2.62. The van der Waals surface area contributed by atoms with Crippen molar-refractivity contribution < 1.29 is 14.0 Å². The minimum Gasteiger partial charge on any atom is -0.489 e. The molecule has 2 aromatic carbocycles. The van der Waals surface area contributed by atoms with Crippen molar-refractivity contribution in [2.24, 2.45) is 11.8 Å². The Kier molecular flexibility index (Phi) is 5.64. The number of hydrogen-bond acceptors (Lipinski definition) is 4. The van der Waals surface area contributed by atoms with E-state index in [2.05, 4.69) is 88.0 Å². The quantitative estimate of drug-likeness (QED) is 0.646. The predicted molar refractivity (Wildman–Crippen MR) is 129 cm³/mol. The lowest BCUT2D eigenvalue weighted by Gasteiger charge is -2.38. The van der Waals surface area contributed by atoms with E-state index in [1.165, 1.54) is 18.4 Å². The van der Waals surface area contributed by atoms with Crippen molar-refractivity contribution in [2.45, 2.75) is 71.3 Å². The molecule has 1 saturated carbocycles. The van der Waals surface area contributed by atoms with Crippen molar-refractivity contribution in [3.63, 3.8) is 0 Å². The van der Waals surface area contributed by atoms with Gasteiger partial charge in [0.15, 0.2) is 0 Å². The average molecular weight is 433 g/mol. The smallest absolute Gasteiger partial charge is 0.489 e. The summed E-state index contributed by atoms with van der Waals surface area (Å²) in [7, 11) is -0.329. The molecule has 2 atom stereocenters. The van der Waals surface area contributed by atoms with Crippen LogP contribution in [-0.2, 0) is 15.9 Å². The Morgan fingerprint density at radius 2 is 1.56 bits per heavy atom. The van der Waals surface area contributed by atoms with Gasteiger partial charge in [-0.1, -0.05) is 42.5 Å². The van der Waals surface area contributed by atoms with Crippen LogP contribution in [0.25, 0.3) is 0 Å². The highest BCUT2D eigenvalue weighted by molar-refractivity contribution is 6.62. The summed E-state index contributed by atoms with van der Waals surface area (Å²) < 4.78 is 19.1. The summed E-state index contributed by atoms with van der Waals surface area (Å²) in [6.07, 6.45) is 2.86. The summed E-state index contributed by atoms with van der Waals surface area (Å²) in [6.45, 7) is 13.8. The van der Waals surface area contributed by atoms with Crippen LogP contribution in [0.1, 0.15) is 51.7 Å². The van der Waals surface area contributed by atoms with Gasteiger partial charge in [0.05, 0.1) is 11.2 Å². The van der Waals surface area contributed by atoms with E-state index in [4.69, 9.17) is 14.0 Å². The van der Waals surface area contributed by atoms with E-state index < -0.39 is 0 Å². The Hall–Kier alpha value is -1.82. The van der Waals surface area contributed by atoms with Crippen molar-refractivity contribution in [2.75, 3.05) is 13.1 Å². The predicted octanol–water partition coefficient (Wildman–Crippen LogP) is 4.58. The van der Waals surface area contributed by atoms with Crippen molar-refractivity contribution in [1.82, 2.24) is 4.90 Å². The molecule has 2 aliphatic heterocycles. The number of likely N-dealkylation sites (tertiary alicyclic amines) is 1. The summed E-state index contributed by atoms with van der Waals surface area (Å²) in [5.74, 6) is 2.22. The molecule has 2 unspecified atom stereocenters. The molecule has 2 aromatic rings. The number of fused-ring (bicyclic) bond motifs is 2. The lowest BCUT2D eigenvalue weighted by Crippen LogP contribution is -2.46. The van der Waals surface area contributed by atoms with Gasteiger partial charge >= 0.3 is 7.12 Å². The van der Waals surface area contributed by atoms with Gasteiger partial charge in [0.1, 0.15) is 11.9 Å². The molecule has 2 bridgehead atoms. The van der Waals surface area contributed by atoms with Crippen LogP contribution in [0.2, 0.25) is 0 Å². The van der Waals surface area contributed by atoms with E-state index in [-0.39, 0.29) is 18.3 Å². The van der Waals surface area contributed by atoms with E-state index in [1.807, 2.05) is 0 Å². The molecule has 0 radical (unpaired) electrons. The van der Waals surface area contributed by atoms with Crippen LogP contribution in [0.3, 0.4) is 0 Å². The first kappa shape index (κ1) is 22.0. The standard InChI is InChI=1S/C27H36BNO3/c1-19-15-23(28-31-26(2,3)27(4,5)32-28)13-14-24(19)30-25-21-11-12-22(25)18-29(17-21)16-20-9-7-6-8-10-20/h6-10,13-15,21-22,25H,11-12,16-18H2,1-5H3. The molecule has 4 nitrogen and oxygen atoms in total. The SMILES string of the molecule is Cc1cc(B2OC(C)(C)C(C)(C)O2)ccc1OC1C2CCC1CN(Cc1ccccc1)C2. The molecule has 0 spiro atoms. The monoisotopic (exact) mass is 433 g/mol. The summed E-state index contributed by atoms with van der Waals surface area (Å²) in [6, 6.07) is 17.2. The zero-order valence-corrected chi connectivity index (χ0v) is 20.1. The Balaban J connectivity index is 1.24. The second-order valence-corrected chi connectivity index (χ2v) is 11.0. The lowest BCUT2D eigenvalue weighted by molar-refractivity contribution is 0.00578. The first-order valence-corrected chi connectivity index (χ1v) is 12.1. The Morgan fingerprint density at radius 3 is 2.16 bits per heavy atom. The van der Waals surface area contributed by atoms with Crippen molar-refractivity contribution in [3.05, 3.63) is 59.7 Å². The van der Waals surface area contributed by atoms with Crippen LogP contribution >= 0.6 is 0 Å². The van der Waals surface area contributed by atoms with Crippen molar-refractivity contribution >= 4 is 12.6 Å². The zero-order valence-electron chi connectivity index (χ0n) is 20.1. The summed E-state index contributed by atoms with van der Waals surface area (Å²) in [5, 5.41) is 0. The third-order valence-corrected chi connectivity index (χ3v) is 8.06. The van der Waals surface area contributed by atoms with Gasteiger partial charge in [0.25, 0.3) is 0 Å². The van der Waals surface area contributed by atoms with Crippen LogP contribution in [0.5, 0.6) is 5.75 Å². The largest absolute Gasteiger partial charge is 0.494 e. The van der Waals surface area contributed by atoms with E-state index in [1.54, 1.807) is 0 Å². The number of benzene rings is 2. The fraction of sp³-hybridized carbons (Fsp3) is 0.556. The number of rotatable bonds is 5. The summed E-state index contributed by atoms with van der Waals surface area (Å²) in [5.41, 5.74) is 2.97. The van der Waals surface area contributed by atoms with Gasteiger partial charge < -0.3 is 14.0 Å². The van der Waals surface area contributed by atoms with Crippen LogP contribution in [0, 0.1) is 18.8 Å². The molecule has 3 fully saturated rings. The molecular weight excluding hydrogens is 397 g/mol. The molecule has 5 heteroatoms. The molecule has 170 valence electrons. The summed E-state index contributed by atoms with van der Waals surface area (Å²) >= 11 is 0. The minimum atomic E-state index is -0.329. The second kappa shape index (κ2) is 8.20. The van der Waals surface area contributed by atoms with E-state index >= 15 is 0 Å². The van der Waals surface area contributed by atoms with Crippen molar-refractivity contribution in [3.8, 4) is 5.75 Å². The lowest BCUT2D eigenvalue weighted by atomic mass is 9.78. The number of aryl methyl sites for hydroxylation is 1. The van der Waals surface area contributed by atoms with Gasteiger partial charge in [0, 0.05) is 31.5 Å². The highest BCUT2D eigenvalue weighted by Gasteiger charge is 2.51. The fourth-order valence-electron chi connectivity index (χ4n) is 5.51. The fourth-order valence-corrected chi connectivity index (χ4v) is 5.51. The van der Waals surface area contributed by atoms with Gasteiger partial charge in [-0.2, -0.15) is 0 Å². The molecule has 0 amide bonds. The highest BCUT2D eigenvalue weighted by atomic mass is 16.7. The normalized spacial score (nSPS) is 28.8. The Morgan fingerprint density at radius 1 is 0.938 bits per heavy atom.